The van der Waals surface area contributed by atoms with Crippen molar-refractivity contribution in [2.45, 2.75) is 6.54 Å². The molecule has 0 bridgehead atoms. The average Bonchev–Trinajstić information content (AvgIpc) is 3.24. The van der Waals surface area contributed by atoms with E-state index in [0.29, 0.717) is 27.7 Å². The molecule has 0 atom stereocenters. The molecule has 3 heterocycles. The van der Waals surface area contributed by atoms with E-state index in [1.165, 1.54) is 0 Å². The minimum atomic E-state index is -0.254. The smallest absolute Gasteiger partial charge is 0.259 e. The molecule has 1 saturated heterocycles. The second-order valence-corrected chi connectivity index (χ2v) is 8.09. The minimum Gasteiger partial charge on any atom is -0.379 e. The zero-order chi connectivity index (χ0) is 21.9. The van der Waals surface area contributed by atoms with E-state index in [-0.39, 0.29) is 5.91 Å². The number of amides is 1. The number of benzene rings is 2. The first-order valence-electron chi connectivity index (χ1n) is 10.5. The fraction of sp³-hybridized carbons (Fsp3) is 0.208. The topological polar surface area (TPSA) is 83.1 Å². The number of morpholine rings is 1. The third-order valence-electron chi connectivity index (χ3n) is 5.39. The number of hydrogen-bond donors (Lipinski definition) is 2. The van der Waals surface area contributed by atoms with Gasteiger partial charge in [-0.2, -0.15) is 0 Å². The molecule has 7 nitrogen and oxygen atoms in total. The molecule has 162 valence electrons. The van der Waals surface area contributed by atoms with E-state index in [1.54, 1.807) is 12.1 Å². The summed E-state index contributed by atoms with van der Waals surface area (Å²) in [5, 5.41) is 3.55. The fourth-order valence-electron chi connectivity index (χ4n) is 3.80. The van der Waals surface area contributed by atoms with Crippen molar-refractivity contribution in [1.29, 1.82) is 0 Å². The molecule has 0 spiro atoms. The molecule has 0 radical (unpaired) electrons. The Morgan fingerprint density at radius 3 is 2.72 bits per heavy atom. The number of pyridine rings is 1. The highest BCUT2D eigenvalue weighted by molar-refractivity contribution is 6.30. The van der Waals surface area contributed by atoms with Gasteiger partial charge in [-0.05, 0) is 36.4 Å². The Morgan fingerprint density at radius 2 is 1.88 bits per heavy atom. The molecule has 2 aromatic carbocycles. The third kappa shape index (κ3) is 4.50. The predicted octanol–water partition coefficient (Wildman–Crippen LogP) is 4.36. The Balaban J connectivity index is 1.37. The van der Waals surface area contributed by atoms with Crippen molar-refractivity contribution in [3.63, 3.8) is 0 Å². The van der Waals surface area contributed by atoms with Crippen LogP contribution in [0.25, 0.3) is 22.4 Å². The molecule has 5 rings (SSSR count). The summed E-state index contributed by atoms with van der Waals surface area (Å²) >= 11 is 6.12. The molecule has 1 aliphatic rings. The van der Waals surface area contributed by atoms with Crippen molar-refractivity contribution < 1.29 is 9.53 Å². The summed E-state index contributed by atoms with van der Waals surface area (Å²) < 4.78 is 5.40. The van der Waals surface area contributed by atoms with Crippen molar-refractivity contribution in [1.82, 2.24) is 19.9 Å². The number of fused-ring (bicyclic) bond motifs is 1. The van der Waals surface area contributed by atoms with Crippen molar-refractivity contribution in [2.75, 3.05) is 31.6 Å². The number of H-pyrrole nitrogens is 1. The summed E-state index contributed by atoms with van der Waals surface area (Å²) in [7, 11) is 0. The summed E-state index contributed by atoms with van der Waals surface area (Å²) in [5.74, 6) is 0.924. The van der Waals surface area contributed by atoms with Gasteiger partial charge in [0.1, 0.15) is 17.2 Å². The Kier molecular flexibility index (Phi) is 5.85. The summed E-state index contributed by atoms with van der Waals surface area (Å²) in [5.41, 5.74) is 3.63. The molecule has 2 N–H and O–H groups in total. The average molecular weight is 448 g/mol. The van der Waals surface area contributed by atoms with Gasteiger partial charge in [-0.25, -0.2) is 9.97 Å². The molecule has 0 saturated carbocycles. The van der Waals surface area contributed by atoms with Crippen LogP contribution in [0.3, 0.4) is 0 Å². The molecule has 0 unspecified atom stereocenters. The Hall–Kier alpha value is -3.26. The van der Waals surface area contributed by atoms with Crippen molar-refractivity contribution >= 4 is 34.4 Å². The van der Waals surface area contributed by atoms with Crippen LogP contribution in [-0.4, -0.2) is 52.1 Å². The number of nitrogens with zero attached hydrogens (tertiary/aromatic N) is 3. The Bertz CT molecular complexity index is 1270. The lowest BCUT2D eigenvalue weighted by Crippen LogP contribution is -2.35. The standard InChI is InChI=1S/C24H22ClN5O2/c25-17-5-1-4-16(14-17)23-27-20-8-3-7-19(22(20)29-23)24(31)28-21-9-2-6-18(26-21)15-30-10-12-32-13-11-30/h1-9,14H,10-13,15H2,(H,27,29)(H,26,28,31). The maximum absolute atomic E-state index is 13.1. The lowest BCUT2D eigenvalue weighted by molar-refractivity contribution is 0.0337. The van der Waals surface area contributed by atoms with E-state index in [9.17, 15) is 4.79 Å². The second-order valence-electron chi connectivity index (χ2n) is 7.65. The van der Waals surface area contributed by atoms with Gasteiger partial charge in [-0.3, -0.25) is 9.69 Å². The van der Waals surface area contributed by atoms with Crippen LogP contribution in [0.1, 0.15) is 16.1 Å². The van der Waals surface area contributed by atoms with Crippen molar-refractivity contribution in [3.05, 3.63) is 76.9 Å². The first-order chi connectivity index (χ1) is 15.7. The van der Waals surface area contributed by atoms with E-state index < -0.39 is 0 Å². The molecule has 1 aliphatic heterocycles. The molecule has 32 heavy (non-hydrogen) atoms. The number of nitrogens with one attached hydrogen (secondary N) is 2. The van der Waals surface area contributed by atoms with Crippen LogP contribution in [-0.2, 0) is 11.3 Å². The Labute approximate surface area is 190 Å². The summed E-state index contributed by atoms with van der Waals surface area (Å²) in [4.78, 5) is 27.9. The van der Waals surface area contributed by atoms with Gasteiger partial charge in [0.15, 0.2) is 0 Å². The highest BCUT2D eigenvalue weighted by Gasteiger charge is 2.16. The number of anilines is 1. The lowest BCUT2D eigenvalue weighted by Gasteiger charge is -2.26. The Morgan fingerprint density at radius 1 is 1.06 bits per heavy atom. The highest BCUT2D eigenvalue weighted by Crippen LogP contribution is 2.25. The van der Waals surface area contributed by atoms with Gasteiger partial charge >= 0.3 is 0 Å². The van der Waals surface area contributed by atoms with Crippen LogP contribution in [0, 0.1) is 0 Å². The zero-order valence-corrected chi connectivity index (χ0v) is 18.1. The predicted molar refractivity (Wildman–Crippen MR) is 125 cm³/mol. The van der Waals surface area contributed by atoms with E-state index in [4.69, 9.17) is 16.3 Å². The van der Waals surface area contributed by atoms with E-state index in [0.717, 1.165) is 49.6 Å². The van der Waals surface area contributed by atoms with Crippen molar-refractivity contribution in [3.8, 4) is 11.4 Å². The molecule has 2 aromatic heterocycles. The first-order valence-corrected chi connectivity index (χ1v) is 10.9. The number of halogens is 1. The van der Waals surface area contributed by atoms with Crippen LogP contribution in [0.15, 0.2) is 60.7 Å². The largest absolute Gasteiger partial charge is 0.379 e. The lowest BCUT2D eigenvalue weighted by atomic mass is 10.1. The highest BCUT2D eigenvalue weighted by atomic mass is 35.5. The van der Waals surface area contributed by atoms with Crippen LogP contribution >= 0.6 is 11.6 Å². The van der Waals surface area contributed by atoms with Crippen LogP contribution < -0.4 is 5.32 Å². The third-order valence-corrected chi connectivity index (χ3v) is 5.63. The normalized spacial score (nSPS) is 14.5. The minimum absolute atomic E-state index is 0.254. The molecule has 1 amide bonds. The summed E-state index contributed by atoms with van der Waals surface area (Å²) in [6.45, 7) is 3.97. The number of carbonyl (C=O) groups excluding carboxylic acids is 1. The van der Waals surface area contributed by atoms with Gasteiger partial charge in [0, 0.05) is 30.2 Å². The van der Waals surface area contributed by atoms with Gasteiger partial charge in [0.05, 0.1) is 30.0 Å². The molecular formula is C24H22ClN5O2. The number of aromatic amines is 1. The van der Waals surface area contributed by atoms with Gasteiger partial charge in [0.25, 0.3) is 5.91 Å². The van der Waals surface area contributed by atoms with Crippen LogP contribution in [0.4, 0.5) is 5.82 Å². The number of ether oxygens (including phenoxy) is 1. The number of hydrogen-bond acceptors (Lipinski definition) is 5. The number of imidazole rings is 1. The zero-order valence-electron chi connectivity index (χ0n) is 17.3. The van der Waals surface area contributed by atoms with Crippen LogP contribution in [0.2, 0.25) is 5.02 Å². The van der Waals surface area contributed by atoms with Gasteiger partial charge < -0.3 is 15.0 Å². The number of rotatable bonds is 5. The monoisotopic (exact) mass is 447 g/mol. The van der Waals surface area contributed by atoms with E-state index in [2.05, 4.69) is 25.2 Å². The fourth-order valence-corrected chi connectivity index (χ4v) is 3.99. The number of para-hydroxylation sites is 1. The molecule has 1 fully saturated rings. The molecule has 8 heteroatoms. The van der Waals surface area contributed by atoms with Gasteiger partial charge in [0.2, 0.25) is 0 Å². The van der Waals surface area contributed by atoms with E-state index in [1.807, 2.05) is 48.5 Å². The maximum Gasteiger partial charge on any atom is 0.259 e. The van der Waals surface area contributed by atoms with Gasteiger partial charge in [-0.15, -0.1) is 0 Å². The maximum atomic E-state index is 13.1. The summed E-state index contributed by atoms with van der Waals surface area (Å²) in [6, 6.07) is 18.6. The van der Waals surface area contributed by atoms with Crippen LogP contribution in [0.5, 0.6) is 0 Å². The first kappa shape index (κ1) is 20.6. The second kappa shape index (κ2) is 9.08. The van der Waals surface area contributed by atoms with E-state index >= 15 is 0 Å². The number of carbonyl (C=O) groups is 1. The summed E-state index contributed by atoms with van der Waals surface area (Å²) in [6.07, 6.45) is 0. The molecular weight excluding hydrogens is 426 g/mol. The number of aromatic nitrogens is 3. The van der Waals surface area contributed by atoms with Crippen molar-refractivity contribution in [2.24, 2.45) is 0 Å². The SMILES string of the molecule is O=C(Nc1cccc(CN2CCOCC2)n1)c1cccc2[nH]c(-c3cccc(Cl)c3)nc12. The molecule has 0 aliphatic carbocycles. The van der Waals surface area contributed by atoms with Gasteiger partial charge in [-0.1, -0.05) is 35.9 Å². The quantitative estimate of drug-likeness (QED) is 0.475. The molecule has 4 aromatic rings.